The van der Waals surface area contributed by atoms with Gasteiger partial charge in [0.2, 0.25) is 0 Å². The Kier molecular flexibility index (Phi) is 3.40. The van der Waals surface area contributed by atoms with Gasteiger partial charge in [0.1, 0.15) is 5.60 Å². The minimum absolute atomic E-state index is 0.0101. The second-order valence-corrected chi connectivity index (χ2v) is 12.5. The molecule has 110 valence electrons. The summed E-state index contributed by atoms with van der Waals surface area (Å²) in [5, 5.41) is 10.4. The van der Waals surface area contributed by atoms with E-state index in [9.17, 15) is 9.90 Å². The minimum atomic E-state index is -1.95. The average molecular weight is 286 g/mol. The highest BCUT2D eigenvalue weighted by Gasteiger charge is 2.59. The van der Waals surface area contributed by atoms with Crippen LogP contribution < -0.4 is 0 Å². The number of hydrogen-bond donors (Lipinski definition) is 1. The van der Waals surface area contributed by atoms with Gasteiger partial charge < -0.3 is 14.3 Å². The Morgan fingerprint density at radius 3 is 2.53 bits per heavy atom. The zero-order valence-corrected chi connectivity index (χ0v) is 13.8. The number of carbonyl (C=O) groups is 1. The van der Waals surface area contributed by atoms with E-state index in [1.165, 1.54) is 0 Å². The van der Waals surface area contributed by atoms with Crippen LogP contribution in [0.5, 0.6) is 0 Å². The van der Waals surface area contributed by atoms with E-state index in [1.807, 2.05) is 6.92 Å². The van der Waals surface area contributed by atoms with Crippen LogP contribution >= 0.6 is 0 Å². The lowest BCUT2D eigenvalue weighted by Crippen LogP contribution is -2.48. The lowest BCUT2D eigenvalue weighted by atomic mass is 9.92. The van der Waals surface area contributed by atoms with Crippen LogP contribution in [0.2, 0.25) is 18.1 Å². The molecule has 1 saturated heterocycles. The predicted octanol–water partition coefficient (Wildman–Crippen LogP) is 2.46. The molecule has 2 rings (SSSR count). The molecular formula is C14H26O4Si. The first-order valence-electron chi connectivity index (χ1n) is 7.04. The molecule has 1 saturated carbocycles. The molecule has 0 spiro atoms. The lowest BCUT2D eigenvalue weighted by molar-refractivity contribution is -0.148. The zero-order chi connectivity index (χ0) is 14.6. The Bertz CT molecular complexity index is 387. The molecule has 0 aromatic rings. The summed E-state index contributed by atoms with van der Waals surface area (Å²) < 4.78 is 11.8. The van der Waals surface area contributed by atoms with Crippen molar-refractivity contribution in [3.05, 3.63) is 0 Å². The number of fused-ring (bicyclic) bond motifs is 1. The zero-order valence-electron chi connectivity index (χ0n) is 12.8. The third-order valence-electron chi connectivity index (χ3n) is 5.15. The summed E-state index contributed by atoms with van der Waals surface area (Å²) in [6.07, 6.45) is 0.0600. The van der Waals surface area contributed by atoms with Crippen molar-refractivity contribution in [2.75, 3.05) is 0 Å². The summed E-state index contributed by atoms with van der Waals surface area (Å²) in [6.45, 7) is 12.8. The fraction of sp³-hybridized carbons (Fsp3) is 0.929. The van der Waals surface area contributed by atoms with Crippen molar-refractivity contribution in [2.45, 2.75) is 76.5 Å². The largest absolute Gasteiger partial charge is 0.459 e. The van der Waals surface area contributed by atoms with Gasteiger partial charge in [-0.2, -0.15) is 0 Å². The van der Waals surface area contributed by atoms with Gasteiger partial charge in [0.05, 0.1) is 18.6 Å². The quantitative estimate of drug-likeness (QED) is 0.626. The van der Waals surface area contributed by atoms with E-state index in [1.54, 1.807) is 0 Å². The summed E-state index contributed by atoms with van der Waals surface area (Å²) in [4.78, 5) is 11.5. The third kappa shape index (κ3) is 2.48. The van der Waals surface area contributed by atoms with Gasteiger partial charge >= 0.3 is 5.97 Å². The van der Waals surface area contributed by atoms with E-state index < -0.39 is 20.0 Å². The molecule has 1 heterocycles. The van der Waals surface area contributed by atoms with Gasteiger partial charge in [-0.25, -0.2) is 0 Å². The molecule has 0 amide bonds. The van der Waals surface area contributed by atoms with Crippen LogP contribution in [0, 0.1) is 5.92 Å². The second-order valence-electron chi connectivity index (χ2n) is 7.71. The van der Waals surface area contributed by atoms with E-state index in [0.717, 1.165) is 0 Å². The minimum Gasteiger partial charge on any atom is -0.459 e. The predicted molar refractivity (Wildman–Crippen MR) is 75.3 cm³/mol. The highest BCUT2D eigenvalue weighted by molar-refractivity contribution is 6.74. The number of carbonyl (C=O) groups excluding carboxylic acids is 1. The molecule has 0 bridgehead atoms. The maximum absolute atomic E-state index is 11.5. The van der Waals surface area contributed by atoms with Crippen LogP contribution in [0.25, 0.3) is 0 Å². The summed E-state index contributed by atoms with van der Waals surface area (Å²) in [7, 11) is -1.95. The molecule has 1 aliphatic heterocycles. The number of esters is 1. The van der Waals surface area contributed by atoms with Crippen LogP contribution in [-0.4, -0.2) is 37.2 Å². The first-order valence-corrected chi connectivity index (χ1v) is 9.95. The van der Waals surface area contributed by atoms with Crippen LogP contribution in [0.3, 0.4) is 0 Å². The van der Waals surface area contributed by atoms with Crippen molar-refractivity contribution in [2.24, 2.45) is 5.92 Å². The molecule has 2 aliphatic rings. The third-order valence-corrected chi connectivity index (χ3v) is 9.62. The maximum Gasteiger partial charge on any atom is 0.306 e. The van der Waals surface area contributed by atoms with Gasteiger partial charge in [0.15, 0.2) is 8.32 Å². The van der Waals surface area contributed by atoms with Crippen molar-refractivity contribution in [1.82, 2.24) is 0 Å². The van der Waals surface area contributed by atoms with Crippen molar-refractivity contribution < 1.29 is 19.1 Å². The molecule has 0 aromatic heterocycles. The maximum atomic E-state index is 11.5. The molecule has 0 unspecified atom stereocenters. The van der Waals surface area contributed by atoms with Crippen molar-refractivity contribution >= 4 is 14.3 Å². The Balaban J connectivity index is 2.19. The average Bonchev–Trinajstić information content (AvgIpc) is 2.57. The highest BCUT2D eigenvalue weighted by atomic mass is 28.4. The van der Waals surface area contributed by atoms with E-state index in [-0.39, 0.29) is 23.0 Å². The summed E-state index contributed by atoms with van der Waals surface area (Å²) in [5.74, 6) is -0.174. The van der Waals surface area contributed by atoms with Crippen LogP contribution in [0.15, 0.2) is 0 Å². The number of hydrogen-bond acceptors (Lipinski definition) is 4. The van der Waals surface area contributed by atoms with Gasteiger partial charge in [-0.1, -0.05) is 20.8 Å². The Morgan fingerprint density at radius 2 is 2.00 bits per heavy atom. The van der Waals surface area contributed by atoms with Crippen molar-refractivity contribution in [1.29, 1.82) is 0 Å². The molecule has 4 atom stereocenters. The highest BCUT2D eigenvalue weighted by Crippen LogP contribution is 2.49. The van der Waals surface area contributed by atoms with Gasteiger partial charge in [-0.15, -0.1) is 0 Å². The van der Waals surface area contributed by atoms with Crippen molar-refractivity contribution in [3.8, 4) is 0 Å². The molecule has 1 aliphatic carbocycles. The number of ether oxygens (including phenoxy) is 1. The summed E-state index contributed by atoms with van der Waals surface area (Å²) in [6, 6.07) is 0. The molecule has 2 fully saturated rings. The molecule has 1 N–H and O–H groups in total. The molecule has 0 aromatic carbocycles. The van der Waals surface area contributed by atoms with Crippen LogP contribution in [-0.2, 0) is 14.0 Å². The number of aliphatic hydroxyl groups is 1. The van der Waals surface area contributed by atoms with E-state index in [4.69, 9.17) is 9.16 Å². The summed E-state index contributed by atoms with van der Waals surface area (Å²) in [5.41, 5.74) is -0.538. The number of aliphatic hydroxyl groups excluding tert-OH is 1. The molecule has 19 heavy (non-hydrogen) atoms. The number of rotatable bonds is 2. The van der Waals surface area contributed by atoms with Gasteiger partial charge in [-0.3, -0.25) is 4.79 Å². The summed E-state index contributed by atoms with van der Waals surface area (Å²) >= 11 is 0. The molecule has 0 radical (unpaired) electrons. The van der Waals surface area contributed by atoms with Crippen LogP contribution in [0.4, 0.5) is 0 Å². The van der Waals surface area contributed by atoms with E-state index in [2.05, 4.69) is 33.9 Å². The van der Waals surface area contributed by atoms with Gasteiger partial charge in [0.25, 0.3) is 0 Å². The molecule has 4 nitrogen and oxygen atoms in total. The molecule has 5 heteroatoms. The fourth-order valence-electron chi connectivity index (χ4n) is 2.91. The van der Waals surface area contributed by atoms with Crippen LogP contribution in [0.1, 0.15) is 40.5 Å². The molecular weight excluding hydrogens is 260 g/mol. The first kappa shape index (κ1) is 15.0. The van der Waals surface area contributed by atoms with Crippen molar-refractivity contribution in [3.63, 3.8) is 0 Å². The van der Waals surface area contributed by atoms with Gasteiger partial charge in [0, 0.05) is 12.3 Å². The smallest absolute Gasteiger partial charge is 0.306 e. The Hall–Kier alpha value is -0.393. The van der Waals surface area contributed by atoms with E-state index >= 15 is 0 Å². The van der Waals surface area contributed by atoms with E-state index in [0.29, 0.717) is 12.8 Å². The standard InChI is InChI=1S/C14H26O4Si/c1-13(2,3)19(5,6)18-12-9-7-11(16)17-14(9,4)8-10(12)15/h9-10,12,15H,7-8H2,1-6H3/t9-,10-,12+,14+/m1/s1. The Morgan fingerprint density at radius 1 is 1.42 bits per heavy atom. The lowest BCUT2D eigenvalue weighted by Gasteiger charge is -2.40. The fourth-order valence-corrected chi connectivity index (χ4v) is 4.26. The normalized spacial score (nSPS) is 39.3. The van der Waals surface area contributed by atoms with Gasteiger partial charge in [-0.05, 0) is 25.1 Å². The first-order chi connectivity index (χ1) is 8.46. The Labute approximate surface area is 116 Å². The topological polar surface area (TPSA) is 55.8 Å². The monoisotopic (exact) mass is 286 g/mol. The second kappa shape index (κ2) is 4.30. The SMILES string of the molecule is CC(C)(C)[Si](C)(C)O[C@@H]1[C@H](O)C[C@]2(C)OC(=O)C[C@H]12.